The van der Waals surface area contributed by atoms with Crippen LogP contribution < -0.4 is 0 Å². The summed E-state index contributed by atoms with van der Waals surface area (Å²) in [7, 11) is 0. The molecular formula is C11H23O. The van der Waals surface area contributed by atoms with E-state index in [1.807, 2.05) is 0 Å². The van der Waals surface area contributed by atoms with Crippen molar-refractivity contribution >= 4 is 0 Å². The van der Waals surface area contributed by atoms with Gasteiger partial charge in [-0.05, 0) is 19.3 Å². The topological polar surface area (TPSA) is 9.23 Å². The largest absolute Gasteiger partial charge is 0.381 e. The lowest BCUT2D eigenvalue weighted by Gasteiger charge is -2.02. The van der Waals surface area contributed by atoms with Gasteiger partial charge < -0.3 is 4.74 Å². The van der Waals surface area contributed by atoms with E-state index in [1.165, 1.54) is 32.1 Å². The highest BCUT2D eigenvalue weighted by Gasteiger charge is 1.89. The molecule has 0 saturated carbocycles. The van der Waals surface area contributed by atoms with Crippen LogP contribution in [0.25, 0.3) is 0 Å². The first-order valence-corrected chi connectivity index (χ1v) is 5.27. The van der Waals surface area contributed by atoms with Gasteiger partial charge in [0.25, 0.3) is 0 Å². The zero-order valence-corrected chi connectivity index (χ0v) is 8.64. The summed E-state index contributed by atoms with van der Waals surface area (Å²) in [5.74, 6) is 0. The lowest BCUT2D eigenvalue weighted by Crippen LogP contribution is -1.96. The molecular weight excluding hydrogens is 148 g/mol. The van der Waals surface area contributed by atoms with Crippen molar-refractivity contribution in [3.63, 3.8) is 0 Å². The molecule has 0 unspecified atom stereocenters. The van der Waals surface area contributed by atoms with E-state index in [-0.39, 0.29) is 0 Å². The Labute approximate surface area is 77.5 Å². The number of hydrogen-bond donors (Lipinski definition) is 0. The number of unbranched alkanes of at least 4 members (excludes halogenated alkanes) is 5. The second-order valence-electron chi connectivity index (χ2n) is 3.22. The standard InChI is InChI=1S/C11H23O/c1-3-5-7-8-9-11-12-10-6-4-2/h4H,3,5-11H2,1-2H3. The molecule has 1 nitrogen and oxygen atoms in total. The van der Waals surface area contributed by atoms with E-state index in [4.69, 9.17) is 4.74 Å². The Bertz CT molecular complexity index is 61.4. The average molecular weight is 171 g/mol. The van der Waals surface area contributed by atoms with Crippen LogP contribution in [0.4, 0.5) is 0 Å². The predicted octanol–water partition coefficient (Wildman–Crippen LogP) is 3.59. The van der Waals surface area contributed by atoms with Gasteiger partial charge in [-0.25, -0.2) is 0 Å². The Balaban J connectivity index is 2.73. The summed E-state index contributed by atoms with van der Waals surface area (Å²) in [6, 6.07) is 0. The van der Waals surface area contributed by atoms with Crippen LogP contribution in [0.15, 0.2) is 0 Å². The van der Waals surface area contributed by atoms with Gasteiger partial charge in [-0.15, -0.1) is 0 Å². The maximum Gasteiger partial charge on any atom is 0.0468 e. The van der Waals surface area contributed by atoms with Gasteiger partial charge in [-0.3, -0.25) is 0 Å². The number of ether oxygens (including phenoxy) is 1. The molecule has 0 rings (SSSR count). The molecule has 1 radical (unpaired) electrons. The van der Waals surface area contributed by atoms with E-state index in [9.17, 15) is 0 Å². The molecule has 0 amide bonds. The molecule has 73 valence electrons. The zero-order valence-electron chi connectivity index (χ0n) is 8.64. The van der Waals surface area contributed by atoms with Gasteiger partial charge in [0.1, 0.15) is 0 Å². The minimum absolute atomic E-state index is 0.907. The van der Waals surface area contributed by atoms with E-state index in [0.717, 1.165) is 19.6 Å². The summed E-state index contributed by atoms with van der Waals surface area (Å²) in [6.07, 6.45) is 9.90. The Morgan fingerprint density at radius 3 is 2.42 bits per heavy atom. The van der Waals surface area contributed by atoms with Gasteiger partial charge in [-0.2, -0.15) is 0 Å². The van der Waals surface area contributed by atoms with Gasteiger partial charge in [0.05, 0.1) is 0 Å². The van der Waals surface area contributed by atoms with Crippen LogP contribution in [0.3, 0.4) is 0 Å². The first-order chi connectivity index (χ1) is 5.91. The zero-order chi connectivity index (χ0) is 9.07. The molecule has 0 atom stereocenters. The molecule has 0 aromatic heterocycles. The van der Waals surface area contributed by atoms with Gasteiger partial charge in [0.2, 0.25) is 0 Å². The molecule has 0 aliphatic heterocycles. The third-order valence-electron chi connectivity index (χ3n) is 1.94. The van der Waals surface area contributed by atoms with Crippen molar-refractivity contribution in [3.05, 3.63) is 6.42 Å². The van der Waals surface area contributed by atoms with E-state index in [1.54, 1.807) is 0 Å². The van der Waals surface area contributed by atoms with Crippen LogP contribution >= 0.6 is 0 Å². The molecule has 0 bridgehead atoms. The van der Waals surface area contributed by atoms with Crippen LogP contribution in [0.1, 0.15) is 52.4 Å². The first kappa shape index (κ1) is 12.0. The Hall–Kier alpha value is -0.0400. The minimum Gasteiger partial charge on any atom is -0.381 e. The van der Waals surface area contributed by atoms with E-state index < -0.39 is 0 Å². The predicted molar refractivity (Wildman–Crippen MR) is 54.2 cm³/mol. The molecule has 12 heavy (non-hydrogen) atoms. The molecule has 1 heteroatoms. The van der Waals surface area contributed by atoms with Gasteiger partial charge >= 0.3 is 0 Å². The summed E-state index contributed by atoms with van der Waals surface area (Å²) in [6.45, 7) is 6.18. The maximum absolute atomic E-state index is 5.42. The fourth-order valence-corrected chi connectivity index (χ4v) is 1.11. The van der Waals surface area contributed by atoms with Crippen LogP contribution in [0, 0.1) is 6.42 Å². The average Bonchev–Trinajstić information content (AvgIpc) is 2.10. The lowest BCUT2D eigenvalue weighted by molar-refractivity contribution is 0.132. The maximum atomic E-state index is 5.42. The van der Waals surface area contributed by atoms with Crippen molar-refractivity contribution in [1.29, 1.82) is 0 Å². The summed E-state index contributed by atoms with van der Waals surface area (Å²) < 4.78 is 5.42. The Kier molecular flexibility index (Phi) is 10.9. The third kappa shape index (κ3) is 9.96. The molecule has 0 N–H and O–H groups in total. The second kappa shape index (κ2) is 11.0. The summed E-state index contributed by atoms with van der Waals surface area (Å²) in [4.78, 5) is 0. The van der Waals surface area contributed by atoms with Crippen LogP contribution in [0.5, 0.6) is 0 Å². The van der Waals surface area contributed by atoms with Crippen molar-refractivity contribution in [2.45, 2.75) is 52.4 Å². The molecule has 0 heterocycles. The highest BCUT2D eigenvalue weighted by molar-refractivity contribution is 4.53. The smallest absolute Gasteiger partial charge is 0.0468 e. The first-order valence-electron chi connectivity index (χ1n) is 5.27. The van der Waals surface area contributed by atoms with Gasteiger partial charge in [0, 0.05) is 13.2 Å². The van der Waals surface area contributed by atoms with Crippen LogP contribution in [-0.4, -0.2) is 13.2 Å². The minimum atomic E-state index is 0.907. The molecule has 0 aliphatic carbocycles. The SMILES string of the molecule is C[CH]CCOCCCCCCC. The van der Waals surface area contributed by atoms with E-state index >= 15 is 0 Å². The molecule has 0 aliphatic rings. The Morgan fingerprint density at radius 1 is 1.00 bits per heavy atom. The fourth-order valence-electron chi connectivity index (χ4n) is 1.11. The molecule has 0 aromatic carbocycles. The van der Waals surface area contributed by atoms with Crippen molar-refractivity contribution in [3.8, 4) is 0 Å². The second-order valence-corrected chi connectivity index (χ2v) is 3.22. The van der Waals surface area contributed by atoms with Crippen LogP contribution in [0.2, 0.25) is 0 Å². The van der Waals surface area contributed by atoms with Crippen molar-refractivity contribution in [1.82, 2.24) is 0 Å². The fraction of sp³-hybridized carbons (Fsp3) is 0.909. The van der Waals surface area contributed by atoms with E-state index in [2.05, 4.69) is 20.3 Å². The highest BCUT2D eigenvalue weighted by Crippen LogP contribution is 2.02. The molecule has 0 aromatic rings. The van der Waals surface area contributed by atoms with Gasteiger partial charge in [-0.1, -0.05) is 39.5 Å². The third-order valence-corrected chi connectivity index (χ3v) is 1.94. The molecule has 0 spiro atoms. The lowest BCUT2D eigenvalue weighted by atomic mass is 10.2. The normalized spacial score (nSPS) is 10.5. The molecule has 0 fully saturated rings. The monoisotopic (exact) mass is 171 g/mol. The van der Waals surface area contributed by atoms with Crippen LogP contribution in [-0.2, 0) is 4.74 Å². The van der Waals surface area contributed by atoms with Gasteiger partial charge in [0.15, 0.2) is 0 Å². The number of rotatable bonds is 9. The summed E-state index contributed by atoms with van der Waals surface area (Å²) in [5.41, 5.74) is 0. The summed E-state index contributed by atoms with van der Waals surface area (Å²) in [5, 5.41) is 0. The molecule has 0 saturated heterocycles. The van der Waals surface area contributed by atoms with Crippen molar-refractivity contribution in [2.24, 2.45) is 0 Å². The summed E-state index contributed by atoms with van der Waals surface area (Å²) >= 11 is 0. The van der Waals surface area contributed by atoms with Crippen molar-refractivity contribution in [2.75, 3.05) is 13.2 Å². The van der Waals surface area contributed by atoms with Crippen molar-refractivity contribution < 1.29 is 4.74 Å². The van der Waals surface area contributed by atoms with E-state index in [0.29, 0.717) is 0 Å². The quantitative estimate of drug-likeness (QED) is 0.482. The number of hydrogen-bond acceptors (Lipinski definition) is 1. The highest BCUT2D eigenvalue weighted by atomic mass is 16.5. The Morgan fingerprint density at radius 2 is 1.75 bits per heavy atom.